The molecular weight excluding hydrogens is 190 g/mol. The smallest absolute Gasteiger partial charge is 0.112 e. The number of nitrogens with one attached hydrogen (secondary N) is 1. The van der Waals surface area contributed by atoms with Gasteiger partial charge in [0.15, 0.2) is 0 Å². The van der Waals surface area contributed by atoms with Crippen LogP contribution in [0.15, 0.2) is 11.8 Å². The molecule has 0 saturated carbocycles. The zero-order valence-corrected chi connectivity index (χ0v) is 9.50. The molecule has 3 heteroatoms. The summed E-state index contributed by atoms with van der Waals surface area (Å²) in [6, 6.07) is 0.276. The van der Waals surface area contributed by atoms with E-state index in [1.807, 2.05) is 0 Å². The van der Waals surface area contributed by atoms with Crippen molar-refractivity contribution in [2.45, 2.75) is 44.8 Å². The molecule has 86 valence electrons. The molecule has 2 atom stereocenters. The van der Waals surface area contributed by atoms with Crippen molar-refractivity contribution in [1.29, 1.82) is 0 Å². The Morgan fingerprint density at radius 2 is 2.40 bits per heavy atom. The maximum atomic E-state index is 5.74. The van der Waals surface area contributed by atoms with E-state index in [4.69, 9.17) is 9.47 Å². The lowest BCUT2D eigenvalue weighted by atomic mass is 10.0. The Morgan fingerprint density at radius 3 is 3.00 bits per heavy atom. The molecule has 1 saturated heterocycles. The molecule has 2 heterocycles. The molecule has 2 unspecified atom stereocenters. The maximum absolute atomic E-state index is 5.74. The van der Waals surface area contributed by atoms with Crippen LogP contribution in [0.3, 0.4) is 0 Å². The second-order valence-electron chi connectivity index (χ2n) is 4.18. The second kappa shape index (κ2) is 5.52. The van der Waals surface area contributed by atoms with Crippen LogP contribution in [0.5, 0.6) is 0 Å². The number of rotatable bonds is 4. The lowest BCUT2D eigenvalue weighted by Gasteiger charge is -2.28. The third-order valence-corrected chi connectivity index (χ3v) is 3.03. The van der Waals surface area contributed by atoms with E-state index in [1.54, 1.807) is 0 Å². The largest absolute Gasteiger partial charge is 0.496 e. The van der Waals surface area contributed by atoms with Crippen molar-refractivity contribution in [2.75, 3.05) is 19.8 Å². The highest BCUT2D eigenvalue weighted by molar-refractivity contribution is 5.09. The van der Waals surface area contributed by atoms with E-state index in [9.17, 15) is 0 Å². The monoisotopic (exact) mass is 211 g/mol. The van der Waals surface area contributed by atoms with Crippen molar-refractivity contribution in [3.63, 3.8) is 0 Å². The lowest BCUT2D eigenvalue weighted by molar-refractivity contribution is 0.0594. The second-order valence-corrected chi connectivity index (χ2v) is 4.18. The van der Waals surface area contributed by atoms with Crippen LogP contribution in [-0.4, -0.2) is 31.9 Å². The van der Waals surface area contributed by atoms with Gasteiger partial charge in [0.1, 0.15) is 5.76 Å². The normalized spacial score (nSPS) is 28.3. The van der Waals surface area contributed by atoms with Gasteiger partial charge >= 0.3 is 0 Å². The fraction of sp³-hybridized carbons (Fsp3) is 0.833. The quantitative estimate of drug-likeness (QED) is 0.769. The Bertz CT molecular complexity index is 222. The number of hydrogen-bond acceptors (Lipinski definition) is 3. The van der Waals surface area contributed by atoms with Crippen molar-refractivity contribution in [2.24, 2.45) is 0 Å². The first-order chi connectivity index (χ1) is 7.42. The zero-order chi connectivity index (χ0) is 10.5. The fourth-order valence-corrected chi connectivity index (χ4v) is 2.29. The van der Waals surface area contributed by atoms with E-state index >= 15 is 0 Å². The van der Waals surface area contributed by atoms with E-state index < -0.39 is 0 Å². The number of likely N-dealkylation sites (N-methyl/N-ethyl adjacent to an activating group) is 1. The van der Waals surface area contributed by atoms with Crippen LogP contribution in [0, 0.1) is 0 Å². The molecule has 2 aliphatic rings. The summed E-state index contributed by atoms with van der Waals surface area (Å²) in [7, 11) is 0. The molecule has 0 aromatic heterocycles. The number of hydrogen-bond donors (Lipinski definition) is 1. The summed E-state index contributed by atoms with van der Waals surface area (Å²) in [6.07, 6.45) is 7.16. The van der Waals surface area contributed by atoms with Gasteiger partial charge in [0.05, 0.1) is 18.8 Å². The summed E-state index contributed by atoms with van der Waals surface area (Å²) >= 11 is 0. The van der Waals surface area contributed by atoms with Crippen LogP contribution >= 0.6 is 0 Å². The molecule has 0 aromatic carbocycles. The summed E-state index contributed by atoms with van der Waals surface area (Å²) < 4.78 is 11.5. The maximum Gasteiger partial charge on any atom is 0.112 e. The van der Waals surface area contributed by atoms with Crippen LogP contribution in [0.1, 0.15) is 32.6 Å². The minimum absolute atomic E-state index is 0.276. The molecule has 1 fully saturated rings. The van der Waals surface area contributed by atoms with E-state index in [2.05, 4.69) is 18.3 Å². The summed E-state index contributed by atoms with van der Waals surface area (Å²) in [5.41, 5.74) is 0. The lowest BCUT2D eigenvalue weighted by Crippen LogP contribution is -2.42. The first-order valence-electron chi connectivity index (χ1n) is 6.09. The first kappa shape index (κ1) is 11.0. The topological polar surface area (TPSA) is 30.5 Å². The predicted octanol–water partition coefficient (Wildman–Crippen LogP) is 1.84. The molecular formula is C12H21NO2. The van der Waals surface area contributed by atoms with Crippen molar-refractivity contribution in [3.05, 3.63) is 11.8 Å². The molecule has 0 aliphatic carbocycles. The van der Waals surface area contributed by atoms with Gasteiger partial charge in [-0.25, -0.2) is 0 Å². The van der Waals surface area contributed by atoms with Gasteiger partial charge in [0.2, 0.25) is 0 Å². The summed E-state index contributed by atoms with van der Waals surface area (Å²) in [5.74, 6) is 1.11. The highest BCUT2D eigenvalue weighted by Crippen LogP contribution is 2.23. The summed E-state index contributed by atoms with van der Waals surface area (Å²) in [4.78, 5) is 0. The van der Waals surface area contributed by atoms with Crippen molar-refractivity contribution in [3.8, 4) is 0 Å². The van der Waals surface area contributed by atoms with Gasteiger partial charge < -0.3 is 14.8 Å². The van der Waals surface area contributed by atoms with Gasteiger partial charge in [-0.3, -0.25) is 0 Å². The Kier molecular flexibility index (Phi) is 4.03. The van der Waals surface area contributed by atoms with E-state index in [1.165, 1.54) is 6.42 Å². The van der Waals surface area contributed by atoms with Crippen LogP contribution in [0.25, 0.3) is 0 Å². The molecule has 2 rings (SSSR count). The number of ether oxygens (including phenoxy) is 2. The van der Waals surface area contributed by atoms with Gasteiger partial charge in [0, 0.05) is 6.61 Å². The minimum atomic E-state index is 0.276. The van der Waals surface area contributed by atoms with Gasteiger partial charge in [-0.2, -0.15) is 0 Å². The van der Waals surface area contributed by atoms with Crippen LogP contribution < -0.4 is 5.32 Å². The third-order valence-electron chi connectivity index (χ3n) is 3.03. The van der Waals surface area contributed by atoms with Crippen molar-refractivity contribution in [1.82, 2.24) is 5.32 Å². The van der Waals surface area contributed by atoms with Crippen LogP contribution in [0.2, 0.25) is 0 Å². The predicted molar refractivity (Wildman–Crippen MR) is 59.7 cm³/mol. The van der Waals surface area contributed by atoms with Crippen LogP contribution in [-0.2, 0) is 9.47 Å². The Balaban J connectivity index is 2.00. The highest BCUT2D eigenvalue weighted by Gasteiger charge is 2.29. The molecule has 0 bridgehead atoms. The highest BCUT2D eigenvalue weighted by atomic mass is 16.5. The average Bonchev–Trinajstić information content (AvgIpc) is 2.80. The number of allylic oxidation sites excluding steroid dienone is 1. The van der Waals surface area contributed by atoms with E-state index in [0.29, 0.717) is 6.10 Å². The van der Waals surface area contributed by atoms with E-state index in [-0.39, 0.29) is 6.04 Å². The Labute approximate surface area is 91.8 Å². The summed E-state index contributed by atoms with van der Waals surface area (Å²) in [6.45, 7) is 4.86. The fourth-order valence-electron chi connectivity index (χ4n) is 2.29. The third kappa shape index (κ3) is 2.73. The Hall–Kier alpha value is -0.540. The van der Waals surface area contributed by atoms with Crippen molar-refractivity contribution >= 4 is 0 Å². The standard InChI is InChI=1S/C12H21NO2/c1-2-13-12(11-7-5-9-15-11)10-6-3-4-8-14-10/h6,11-13H,2-5,7-9H2,1H3. The van der Waals surface area contributed by atoms with Gasteiger partial charge in [-0.05, 0) is 38.3 Å². The molecule has 0 spiro atoms. The summed E-state index contributed by atoms with van der Waals surface area (Å²) in [5, 5.41) is 3.48. The molecule has 0 radical (unpaired) electrons. The minimum Gasteiger partial charge on any atom is -0.496 e. The molecule has 15 heavy (non-hydrogen) atoms. The Morgan fingerprint density at radius 1 is 1.47 bits per heavy atom. The molecule has 0 aromatic rings. The van der Waals surface area contributed by atoms with Gasteiger partial charge in [-0.15, -0.1) is 0 Å². The first-order valence-corrected chi connectivity index (χ1v) is 6.09. The molecule has 2 aliphatic heterocycles. The van der Waals surface area contributed by atoms with Gasteiger partial charge in [-0.1, -0.05) is 6.92 Å². The molecule has 1 N–H and O–H groups in total. The van der Waals surface area contributed by atoms with Gasteiger partial charge in [0.25, 0.3) is 0 Å². The zero-order valence-electron chi connectivity index (χ0n) is 9.50. The average molecular weight is 211 g/mol. The SMILES string of the molecule is CCNC(C1=CCCCO1)C1CCCO1. The van der Waals surface area contributed by atoms with E-state index in [0.717, 1.165) is 44.8 Å². The van der Waals surface area contributed by atoms with Crippen molar-refractivity contribution < 1.29 is 9.47 Å². The van der Waals surface area contributed by atoms with Crippen LogP contribution in [0.4, 0.5) is 0 Å². The molecule has 3 nitrogen and oxygen atoms in total. The molecule has 0 amide bonds.